The van der Waals surface area contributed by atoms with Gasteiger partial charge in [-0.1, -0.05) is 6.42 Å². The average Bonchev–Trinajstić information content (AvgIpc) is 3.00. The summed E-state index contributed by atoms with van der Waals surface area (Å²) in [7, 11) is 0. The van der Waals surface area contributed by atoms with Gasteiger partial charge in [-0.05, 0) is 44.9 Å². The van der Waals surface area contributed by atoms with Crippen molar-refractivity contribution in [2.45, 2.75) is 52.1 Å². The first-order valence-electron chi connectivity index (χ1n) is 9.45. The van der Waals surface area contributed by atoms with Crippen LogP contribution in [-0.4, -0.2) is 43.1 Å². The van der Waals surface area contributed by atoms with Gasteiger partial charge in [-0.3, -0.25) is 4.90 Å². The molecule has 1 aliphatic heterocycles. The van der Waals surface area contributed by atoms with Gasteiger partial charge in [0.15, 0.2) is 0 Å². The van der Waals surface area contributed by atoms with Crippen LogP contribution in [0.1, 0.15) is 36.6 Å². The normalized spacial score (nSPS) is 19.0. The number of benzene rings is 1. The van der Waals surface area contributed by atoms with Crippen molar-refractivity contribution in [3.8, 4) is 5.69 Å². The first-order chi connectivity index (χ1) is 12.2. The van der Waals surface area contributed by atoms with E-state index < -0.39 is 0 Å². The van der Waals surface area contributed by atoms with E-state index in [1.54, 1.807) is 0 Å². The van der Waals surface area contributed by atoms with E-state index in [0.29, 0.717) is 0 Å². The number of rotatable bonds is 2. The van der Waals surface area contributed by atoms with Crippen LogP contribution in [0.25, 0.3) is 16.7 Å². The second-order valence-electron chi connectivity index (χ2n) is 7.51. The highest BCUT2D eigenvalue weighted by molar-refractivity contribution is 5.78. The lowest BCUT2D eigenvalue weighted by Crippen LogP contribution is -2.41. The fourth-order valence-corrected chi connectivity index (χ4v) is 4.40. The van der Waals surface area contributed by atoms with Crippen molar-refractivity contribution in [2.75, 3.05) is 13.1 Å². The number of aromatic nitrogens is 4. The molecular formula is C20H25N5. The lowest BCUT2D eigenvalue weighted by atomic mass is 9.91. The summed E-state index contributed by atoms with van der Waals surface area (Å²) in [6.45, 7) is 7.52. The summed E-state index contributed by atoms with van der Waals surface area (Å²) in [4.78, 5) is 12.1. The minimum Gasteiger partial charge on any atom is -0.327 e. The molecule has 0 amide bonds. The van der Waals surface area contributed by atoms with E-state index >= 15 is 0 Å². The maximum Gasteiger partial charge on any atom is 0.111 e. The zero-order valence-corrected chi connectivity index (χ0v) is 15.1. The quantitative estimate of drug-likeness (QED) is 0.722. The first-order valence-corrected chi connectivity index (χ1v) is 9.45. The van der Waals surface area contributed by atoms with Gasteiger partial charge < -0.3 is 9.13 Å². The summed E-state index contributed by atoms with van der Waals surface area (Å²) in [5.74, 6) is 2.27. The molecule has 0 atom stereocenters. The van der Waals surface area contributed by atoms with E-state index in [4.69, 9.17) is 4.98 Å². The second-order valence-corrected chi connectivity index (χ2v) is 7.51. The van der Waals surface area contributed by atoms with Crippen molar-refractivity contribution in [2.24, 2.45) is 0 Å². The van der Waals surface area contributed by atoms with Crippen LogP contribution in [0.3, 0.4) is 0 Å². The first kappa shape index (κ1) is 15.1. The molecule has 0 radical (unpaired) electrons. The Morgan fingerprint density at radius 3 is 2.68 bits per heavy atom. The molecule has 0 N–H and O–H groups in total. The Labute approximate surface area is 148 Å². The zero-order chi connectivity index (χ0) is 17.0. The molecule has 1 aliphatic carbocycles. The van der Waals surface area contributed by atoms with E-state index in [0.717, 1.165) is 54.8 Å². The molecule has 5 heteroatoms. The zero-order valence-electron chi connectivity index (χ0n) is 15.1. The Hall–Kier alpha value is -2.14. The summed E-state index contributed by atoms with van der Waals surface area (Å²) in [6.07, 6.45) is 7.16. The van der Waals surface area contributed by atoms with Crippen molar-refractivity contribution in [3.63, 3.8) is 0 Å². The van der Waals surface area contributed by atoms with Crippen LogP contribution in [0, 0.1) is 13.8 Å². The molecule has 1 fully saturated rings. The number of aryl methyl sites for hydroxylation is 2. The largest absolute Gasteiger partial charge is 0.327 e. The van der Waals surface area contributed by atoms with Gasteiger partial charge in [0.05, 0.1) is 11.0 Å². The monoisotopic (exact) mass is 335 g/mol. The van der Waals surface area contributed by atoms with Gasteiger partial charge in [-0.2, -0.15) is 0 Å². The number of hydrogen-bond donors (Lipinski definition) is 0. The predicted octanol–water partition coefficient (Wildman–Crippen LogP) is 3.25. The highest BCUT2D eigenvalue weighted by Crippen LogP contribution is 2.28. The van der Waals surface area contributed by atoms with Crippen LogP contribution in [0.2, 0.25) is 0 Å². The van der Waals surface area contributed by atoms with Gasteiger partial charge in [0.1, 0.15) is 11.6 Å². The number of hydrogen-bond acceptors (Lipinski definition) is 3. The third-order valence-corrected chi connectivity index (χ3v) is 6.01. The minimum atomic E-state index is 0.828. The van der Waals surface area contributed by atoms with Crippen LogP contribution in [-0.2, 0) is 13.0 Å². The Balaban J connectivity index is 1.50. The molecule has 2 aromatic heterocycles. The van der Waals surface area contributed by atoms with E-state index in [-0.39, 0.29) is 0 Å². The molecule has 0 spiro atoms. The molecule has 2 aliphatic rings. The van der Waals surface area contributed by atoms with Crippen molar-refractivity contribution < 1.29 is 0 Å². The van der Waals surface area contributed by atoms with Crippen molar-refractivity contribution >= 4 is 11.0 Å². The summed E-state index contributed by atoms with van der Waals surface area (Å²) >= 11 is 0. The minimum absolute atomic E-state index is 0.828. The molecule has 1 aromatic carbocycles. The number of fused-ring (bicyclic) bond motifs is 3. The van der Waals surface area contributed by atoms with Crippen molar-refractivity contribution in [3.05, 3.63) is 41.7 Å². The van der Waals surface area contributed by atoms with Gasteiger partial charge in [0, 0.05) is 49.7 Å². The van der Waals surface area contributed by atoms with Crippen LogP contribution < -0.4 is 0 Å². The van der Waals surface area contributed by atoms with Crippen LogP contribution in [0.5, 0.6) is 0 Å². The lowest BCUT2D eigenvalue weighted by Gasteiger charge is -2.36. The molecule has 25 heavy (non-hydrogen) atoms. The molecule has 0 unspecified atom stereocenters. The molecule has 3 heterocycles. The molecule has 3 aromatic rings. The molecule has 1 saturated carbocycles. The summed E-state index contributed by atoms with van der Waals surface area (Å²) in [6, 6.07) is 7.48. The van der Waals surface area contributed by atoms with Gasteiger partial charge in [-0.25, -0.2) is 9.97 Å². The molecule has 0 saturated heterocycles. The summed E-state index contributed by atoms with van der Waals surface area (Å²) < 4.78 is 4.63. The average molecular weight is 335 g/mol. The lowest BCUT2D eigenvalue weighted by molar-refractivity contribution is 0.130. The Kier molecular flexibility index (Phi) is 3.45. The summed E-state index contributed by atoms with van der Waals surface area (Å²) in [5.41, 5.74) is 4.69. The fraction of sp³-hybridized carbons (Fsp3) is 0.500. The van der Waals surface area contributed by atoms with Crippen LogP contribution in [0.15, 0.2) is 24.4 Å². The molecule has 0 bridgehead atoms. The Morgan fingerprint density at radius 1 is 1.08 bits per heavy atom. The van der Waals surface area contributed by atoms with Crippen LogP contribution in [0.4, 0.5) is 0 Å². The SMILES string of the molecule is Cc1cnc(C)n1-c1ccc2c(c1)nc1n2CCN(C2CCC2)CC1. The third-order valence-electron chi connectivity index (χ3n) is 6.01. The molecule has 5 rings (SSSR count). The van der Waals surface area contributed by atoms with E-state index in [9.17, 15) is 0 Å². The van der Waals surface area contributed by atoms with E-state index in [1.807, 2.05) is 6.20 Å². The Morgan fingerprint density at radius 2 is 1.96 bits per heavy atom. The maximum absolute atomic E-state index is 4.98. The van der Waals surface area contributed by atoms with Gasteiger partial charge in [0.25, 0.3) is 0 Å². The topological polar surface area (TPSA) is 38.9 Å². The molecule has 130 valence electrons. The summed E-state index contributed by atoms with van der Waals surface area (Å²) in [5, 5.41) is 0. The Bertz CT molecular complexity index is 912. The predicted molar refractivity (Wildman–Crippen MR) is 99.2 cm³/mol. The number of imidazole rings is 2. The van der Waals surface area contributed by atoms with Gasteiger partial charge >= 0.3 is 0 Å². The second kappa shape index (κ2) is 5.70. The molecular weight excluding hydrogens is 310 g/mol. The van der Waals surface area contributed by atoms with Crippen molar-refractivity contribution in [1.82, 2.24) is 24.0 Å². The van der Waals surface area contributed by atoms with Gasteiger partial charge in [-0.15, -0.1) is 0 Å². The highest BCUT2D eigenvalue weighted by atomic mass is 15.2. The van der Waals surface area contributed by atoms with Crippen molar-refractivity contribution in [1.29, 1.82) is 0 Å². The highest BCUT2D eigenvalue weighted by Gasteiger charge is 2.27. The number of nitrogens with zero attached hydrogens (tertiary/aromatic N) is 5. The molecule has 5 nitrogen and oxygen atoms in total. The van der Waals surface area contributed by atoms with E-state index in [2.05, 4.69) is 51.1 Å². The van der Waals surface area contributed by atoms with E-state index in [1.165, 1.54) is 30.6 Å². The standard InChI is InChI=1S/C20H25N5/c1-14-13-21-15(2)25(14)17-6-7-19-18(12-17)22-20-8-9-23(10-11-24(19)20)16-4-3-5-16/h6-7,12-13,16H,3-5,8-11H2,1-2H3. The maximum atomic E-state index is 4.98. The van der Waals surface area contributed by atoms with Gasteiger partial charge in [0.2, 0.25) is 0 Å². The smallest absolute Gasteiger partial charge is 0.111 e. The third kappa shape index (κ3) is 2.41. The van der Waals surface area contributed by atoms with Crippen LogP contribution >= 0.6 is 0 Å². The fourth-order valence-electron chi connectivity index (χ4n) is 4.40.